The maximum absolute atomic E-state index is 12.8. The van der Waals surface area contributed by atoms with Gasteiger partial charge in [-0.25, -0.2) is 8.42 Å². The summed E-state index contributed by atoms with van der Waals surface area (Å²) in [4.78, 5) is 23.1. The first kappa shape index (κ1) is 21.7. The highest BCUT2D eigenvalue weighted by atomic mass is 35.5. The fourth-order valence-electron chi connectivity index (χ4n) is 2.94. The zero-order valence-electron chi connectivity index (χ0n) is 16.0. The topological polar surface area (TPSA) is 128 Å². The number of hydrogen-bond acceptors (Lipinski definition) is 7. The monoisotopic (exact) mass is 455 g/mol. The van der Waals surface area contributed by atoms with Crippen LogP contribution < -0.4 is 19.1 Å². The molecule has 0 spiro atoms. The minimum Gasteiger partial charge on any atom is -0.486 e. The predicted molar refractivity (Wildman–Crippen MR) is 111 cm³/mol. The Morgan fingerprint density at radius 1 is 1.20 bits per heavy atom. The van der Waals surface area contributed by atoms with E-state index in [2.05, 4.69) is 5.32 Å². The third-order valence-corrected chi connectivity index (χ3v) is 5.86. The molecule has 0 aromatic heterocycles. The maximum Gasteiger partial charge on any atom is 0.271 e. The third kappa shape index (κ3) is 4.57. The van der Waals surface area contributed by atoms with Crippen molar-refractivity contribution in [3.8, 4) is 11.5 Å². The normalized spacial score (nSPS) is 14.0. The number of carbonyl (C=O) groups is 1. The molecule has 0 aliphatic carbocycles. The Bertz CT molecular complexity index is 1110. The number of hydrogen-bond donors (Lipinski definition) is 1. The first-order valence-electron chi connectivity index (χ1n) is 8.72. The van der Waals surface area contributed by atoms with E-state index in [9.17, 15) is 23.3 Å². The second kappa shape index (κ2) is 8.36. The molecule has 1 N–H and O–H groups in total. The number of nitro groups is 1. The maximum atomic E-state index is 12.8. The van der Waals surface area contributed by atoms with Crippen LogP contribution in [0.3, 0.4) is 0 Å². The number of amides is 1. The van der Waals surface area contributed by atoms with Crippen molar-refractivity contribution in [2.45, 2.75) is 13.0 Å². The molecule has 3 rings (SSSR count). The molecule has 10 nitrogen and oxygen atoms in total. The Morgan fingerprint density at radius 3 is 2.50 bits per heavy atom. The van der Waals surface area contributed by atoms with E-state index in [1.54, 1.807) is 6.07 Å². The minimum absolute atomic E-state index is 0.00154. The molecule has 0 saturated carbocycles. The Hall–Kier alpha value is -3.05. The number of benzene rings is 2. The van der Waals surface area contributed by atoms with Crippen molar-refractivity contribution in [3.05, 3.63) is 51.5 Å². The van der Waals surface area contributed by atoms with E-state index in [0.717, 1.165) is 16.6 Å². The molecule has 0 bridgehead atoms. The lowest BCUT2D eigenvalue weighted by Gasteiger charge is -2.29. The van der Waals surface area contributed by atoms with Crippen LogP contribution in [0.5, 0.6) is 11.5 Å². The van der Waals surface area contributed by atoms with Crippen molar-refractivity contribution >= 4 is 44.6 Å². The number of nitrogens with one attached hydrogen (secondary N) is 1. The van der Waals surface area contributed by atoms with Crippen LogP contribution in [0.2, 0.25) is 5.02 Å². The number of sulfonamides is 1. The number of non-ortho nitro benzene ring substituents is 1. The molecule has 0 fully saturated rings. The molecule has 1 atom stereocenters. The van der Waals surface area contributed by atoms with Gasteiger partial charge in [-0.05, 0) is 25.1 Å². The molecule has 160 valence electrons. The summed E-state index contributed by atoms with van der Waals surface area (Å²) in [6.07, 6.45) is 0.966. The van der Waals surface area contributed by atoms with Gasteiger partial charge in [0, 0.05) is 18.2 Å². The lowest BCUT2D eigenvalue weighted by Crippen LogP contribution is -2.45. The third-order valence-electron chi connectivity index (χ3n) is 4.29. The predicted octanol–water partition coefficient (Wildman–Crippen LogP) is 2.81. The van der Waals surface area contributed by atoms with Gasteiger partial charge in [-0.1, -0.05) is 11.6 Å². The summed E-state index contributed by atoms with van der Waals surface area (Å²) in [7, 11) is -3.88. The molecule has 2 aromatic rings. The highest BCUT2D eigenvalue weighted by molar-refractivity contribution is 7.92. The number of fused-ring (bicyclic) bond motifs is 1. The molecule has 1 amide bonds. The van der Waals surface area contributed by atoms with Crippen LogP contribution in [-0.4, -0.2) is 44.8 Å². The van der Waals surface area contributed by atoms with E-state index >= 15 is 0 Å². The van der Waals surface area contributed by atoms with Crippen molar-refractivity contribution < 1.29 is 27.6 Å². The molecule has 30 heavy (non-hydrogen) atoms. The summed E-state index contributed by atoms with van der Waals surface area (Å²) < 4.78 is 36.8. The van der Waals surface area contributed by atoms with Gasteiger partial charge in [0.2, 0.25) is 15.9 Å². The number of nitro benzene ring substituents is 1. The van der Waals surface area contributed by atoms with Crippen LogP contribution in [0, 0.1) is 10.1 Å². The van der Waals surface area contributed by atoms with Gasteiger partial charge in [0.15, 0.2) is 11.5 Å². The minimum atomic E-state index is -3.88. The van der Waals surface area contributed by atoms with Gasteiger partial charge < -0.3 is 14.8 Å². The van der Waals surface area contributed by atoms with Crippen LogP contribution in [0.1, 0.15) is 6.92 Å². The lowest BCUT2D eigenvalue weighted by atomic mass is 10.2. The van der Waals surface area contributed by atoms with Gasteiger partial charge in [0.25, 0.3) is 5.69 Å². The lowest BCUT2D eigenvalue weighted by molar-refractivity contribution is -0.384. The van der Waals surface area contributed by atoms with Crippen LogP contribution in [-0.2, 0) is 14.8 Å². The molecule has 0 radical (unpaired) electrons. The average molecular weight is 456 g/mol. The molecule has 1 aliphatic rings. The van der Waals surface area contributed by atoms with E-state index in [1.165, 1.54) is 31.2 Å². The fourth-order valence-corrected chi connectivity index (χ4v) is 4.27. The number of halogens is 1. The van der Waals surface area contributed by atoms with Crippen molar-refractivity contribution in [1.82, 2.24) is 0 Å². The Morgan fingerprint density at radius 2 is 1.87 bits per heavy atom. The zero-order chi connectivity index (χ0) is 22.1. The summed E-state index contributed by atoms with van der Waals surface area (Å²) in [6.45, 7) is 2.08. The highest BCUT2D eigenvalue weighted by Crippen LogP contribution is 2.35. The molecular formula is C18H18ClN3O7S. The molecule has 1 aliphatic heterocycles. The van der Waals surface area contributed by atoms with E-state index in [0.29, 0.717) is 24.7 Å². The van der Waals surface area contributed by atoms with Gasteiger partial charge in [0.05, 0.1) is 27.6 Å². The summed E-state index contributed by atoms with van der Waals surface area (Å²) in [6, 6.07) is 6.90. The average Bonchev–Trinajstić information content (AvgIpc) is 2.68. The van der Waals surface area contributed by atoms with E-state index in [1.807, 2.05) is 0 Å². The van der Waals surface area contributed by atoms with Crippen molar-refractivity contribution in [1.29, 1.82) is 0 Å². The zero-order valence-corrected chi connectivity index (χ0v) is 17.6. The molecule has 0 saturated heterocycles. The Kier molecular flexibility index (Phi) is 6.04. The smallest absolute Gasteiger partial charge is 0.271 e. The summed E-state index contributed by atoms with van der Waals surface area (Å²) in [5, 5.41) is 13.5. The highest BCUT2D eigenvalue weighted by Gasteiger charge is 2.31. The molecular weight excluding hydrogens is 438 g/mol. The van der Waals surface area contributed by atoms with Gasteiger partial charge in [-0.3, -0.25) is 19.2 Å². The Labute approximate surface area is 177 Å². The molecule has 2 aromatic carbocycles. The summed E-state index contributed by atoms with van der Waals surface area (Å²) >= 11 is 6.02. The molecule has 0 unspecified atom stereocenters. The standard InChI is InChI=1S/C18H18ClN3O7S/c1-11(18(23)20-15-9-13(22(24)25)3-5-14(15)19)21(30(2,26)27)12-4-6-16-17(10-12)29-8-7-28-16/h3-6,9-11H,7-8H2,1-2H3,(H,20,23)/t11-/m0/s1. The van der Waals surface area contributed by atoms with Gasteiger partial charge in [-0.2, -0.15) is 0 Å². The number of carbonyl (C=O) groups excluding carboxylic acids is 1. The van der Waals surface area contributed by atoms with Gasteiger partial charge in [-0.15, -0.1) is 0 Å². The number of nitrogens with zero attached hydrogens (tertiary/aromatic N) is 2. The van der Waals surface area contributed by atoms with Crippen LogP contribution in [0.15, 0.2) is 36.4 Å². The van der Waals surface area contributed by atoms with Crippen molar-refractivity contribution in [2.24, 2.45) is 0 Å². The van der Waals surface area contributed by atoms with Crippen molar-refractivity contribution in [3.63, 3.8) is 0 Å². The van der Waals surface area contributed by atoms with Crippen molar-refractivity contribution in [2.75, 3.05) is 29.1 Å². The second-order valence-corrected chi connectivity index (χ2v) is 8.74. The van der Waals surface area contributed by atoms with E-state index in [-0.39, 0.29) is 22.1 Å². The first-order valence-corrected chi connectivity index (χ1v) is 10.9. The number of rotatable bonds is 6. The van der Waals surface area contributed by atoms with E-state index in [4.69, 9.17) is 21.1 Å². The molecule has 12 heteroatoms. The van der Waals surface area contributed by atoms with Crippen LogP contribution in [0.25, 0.3) is 0 Å². The largest absolute Gasteiger partial charge is 0.486 e. The summed E-state index contributed by atoms with van der Waals surface area (Å²) in [5.74, 6) is 0.110. The summed E-state index contributed by atoms with van der Waals surface area (Å²) in [5.41, 5.74) is -0.0676. The molecule has 1 heterocycles. The quantitative estimate of drug-likeness (QED) is 0.523. The van der Waals surface area contributed by atoms with Crippen LogP contribution in [0.4, 0.5) is 17.1 Å². The number of anilines is 2. The van der Waals surface area contributed by atoms with Crippen LogP contribution >= 0.6 is 11.6 Å². The van der Waals surface area contributed by atoms with E-state index < -0.39 is 26.9 Å². The fraction of sp³-hybridized carbons (Fsp3) is 0.278. The first-order chi connectivity index (χ1) is 14.1. The second-order valence-electron chi connectivity index (χ2n) is 6.47. The SMILES string of the molecule is C[C@@H](C(=O)Nc1cc([N+](=O)[O-])ccc1Cl)N(c1ccc2c(c1)OCCO2)S(C)(=O)=O. The Balaban J connectivity index is 1.91. The van der Waals surface area contributed by atoms with Gasteiger partial charge >= 0.3 is 0 Å². The van der Waals surface area contributed by atoms with Gasteiger partial charge in [0.1, 0.15) is 19.3 Å². The number of ether oxygens (including phenoxy) is 2.